The number of carbonyl (C=O) groups is 1. The first kappa shape index (κ1) is 15.5. The van der Waals surface area contributed by atoms with Crippen molar-refractivity contribution < 1.29 is 22.7 Å². The number of halogens is 3. The number of ether oxygens (including phenoxy) is 1. The SMILES string of the molecule is CC(OCC(F)(F)F)C(=O)Nc1nc2ccc(N)cc2s1. The molecule has 5 nitrogen and oxygen atoms in total. The fourth-order valence-electron chi connectivity index (χ4n) is 1.50. The Bertz CT molecular complexity index is 657. The van der Waals surface area contributed by atoms with Gasteiger partial charge in [0, 0.05) is 5.69 Å². The number of carbonyl (C=O) groups excluding carboxylic acids is 1. The first-order valence-corrected chi connectivity index (χ1v) is 6.71. The smallest absolute Gasteiger partial charge is 0.399 e. The second kappa shape index (κ2) is 5.86. The van der Waals surface area contributed by atoms with E-state index in [1.807, 2.05) is 0 Å². The van der Waals surface area contributed by atoms with E-state index in [9.17, 15) is 18.0 Å². The Morgan fingerprint density at radius 1 is 1.52 bits per heavy atom. The zero-order valence-corrected chi connectivity index (χ0v) is 11.7. The monoisotopic (exact) mass is 319 g/mol. The standard InChI is InChI=1S/C12H12F3N3O2S/c1-6(20-5-12(13,14)15)10(19)18-11-17-8-3-2-7(16)4-9(8)21-11/h2-4,6H,5,16H2,1H3,(H,17,18,19). The van der Waals surface area contributed by atoms with Crippen molar-refractivity contribution in [2.24, 2.45) is 0 Å². The lowest BCUT2D eigenvalue weighted by Gasteiger charge is -2.13. The fraction of sp³-hybridized carbons (Fsp3) is 0.333. The molecular weight excluding hydrogens is 307 g/mol. The average Bonchev–Trinajstić information content (AvgIpc) is 2.76. The average molecular weight is 319 g/mol. The highest BCUT2D eigenvalue weighted by Crippen LogP contribution is 2.27. The van der Waals surface area contributed by atoms with Gasteiger partial charge in [0.05, 0.1) is 10.2 Å². The molecule has 0 bridgehead atoms. The number of hydrogen-bond acceptors (Lipinski definition) is 5. The van der Waals surface area contributed by atoms with Crippen molar-refractivity contribution in [1.82, 2.24) is 4.98 Å². The Hall–Kier alpha value is -1.87. The van der Waals surface area contributed by atoms with Crippen LogP contribution >= 0.6 is 11.3 Å². The van der Waals surface area contributed by atoms with Crippen molar-refractivity contribution >= 4 is 38.3 Å². The predicted molar refractivity (Wildman–Crippen MR) is 74.1 cm³/mol. The topological polar surface area (TPSA) is 77.2 Å². The number of nitrogens with two attached hydrogens (primary N) is 1. The highest BCUT2D eigenvalue weighted by atomic mass is 32.1. The van der Waals surface area contributed by atoms with Crippen molar-refractivity contribution in [3.8, 4) is 0 Å². The van der Waals surface area contributed by atoms with E-state index in [0.29, 0.717) is 11.2 Å². The van der Waals surface area contributed by atoms with E-state index in [4.69, 9.17) is 5.73 Å². The van der Waals surface area contributed by atoms with Gasteiger partial charge in [0.1, 0.15) is 12.7 Å². The molecule has 1 unspecified atom stereocenters. The summed E-state index contributed by atoms with van der Waals surface area (Å²) < 4.78 is 41.2. The molecule has 0 radical (unpaired) electrons. The quantitative estimate of drug-likeness (QED) is 0.850. The summed E-state index contributed by atoms with van der Waals surface area (Å²) in [6.07, 6.45) is -5.70. The van der Waals surface area contributed by atoms with Crippen LogP contribution in [0.15, 0.2) is 18.2 Å². The van der Waals surface area contributed by atoms with Crippen LogP contribution < -0.4 is 11.1 Å². The van der Waals surface area contributed by atoms with Crippen LogP contribution in [0, 0.1) is 0 Å². The first-order valence-electron chi connectivity index (χ1n) is 5.90. The number of alkyl halides is 3. The zero-order chi connectivity index (χ0) is 15.6. The molecule has 2 aromatic rings. The molecular formula is C12H12F3N3O2S. The highest BCUT2D eigenvalue weighted by molar-refractivity contribution is 7.22. The lowest BCUT2D eigenvalue weighted by Crippen LogP contribution is -2.31. The van der Waals surface area contributed by atoms with Crippen LogP contribution in [0.1, 0.15) is 6.92 Å². The number of anilines is 2. The minimum absolute atomic E-state index is 0.281. The third-order valence-electron chi connectivity index (χ3n) is 2.51. The molecule has 1 heterocycles. The van der Waals surface area contributed by atoms with Gasteiger partial charge in [-0.2, -0.15) is 13.2 Å². The Kier molecular flexibility index (Phi) is 4.33. The Morgan fingerprint density at radius 3 is 2.90 bits per heavy atom. The van der Waals surface area contributed by atoms with Crippen molar-refractivity contribution in [3.05, 3.63) is 18.2 Å². The van der Waals surface area contributed by atoms with Gasteiger partial charge in [0.2, 0.25) is 0 Å². The molecule has 1 atom stereocenters. The van der Waals surface area contributed by atoms with Gasteiger partial charge in [-0.05, 0) is 25.1 Å². The molecule has 9 heteroatoms. The summed E-state index contributed by atoms with van der Waals surface area (Å²) in [6.45, 7) is -0.232. The summed E-state index contributed by atoms with van der Waals surface area (Å²) in [5.41, 5.74) is 6.84. The first-order chi connectivity index (χ1) is 9.74. The summed E-state index contributed by atoms with van der Waals surface area (Å²) in [4.78, 5) is 15.8. The number of fused-ring (bicyclic) bond motifs is 1. The molecule has 3 N–H and O–H groups in total. The van der Waals surface area contributed by atoms with Crippen LogP contribution in [0.4, 0.5) is 24.0 Å². The Labute approximate surface area is 121 Å². The lowest BCUT2D eigenvalue weighted by atomic mass is 10.3. The van der Waals surface area contributed by atoms with Gasteiger partial charge in [-0.15, -0.1) is 0 Å². The summed E-state index contributed by atoms with van der Waals surface area (Å²) >= 11 is 1.18. The van der Waals surface area contributed by atoms with E-state index in [0.717, 1.165) is 4.70 Å². The second-order valence-corrected chi connectivity index (χ2v) is 5.33. The summed E-state index contributed by atoms with van der Waals surface area (Å²) in [5, 5.41) is 2.70. The van der Waals surface area contributed by atoms with Crippen LogP contribution in [0.5, 0.6) is 0 Å². The minimum atomic E-state index is -4.47. The minimum Gasteiger partial charge on any atom is -0.399 e. The Balaban J connectivity index is 2.00. The number of nitrogen functional groups attached to an aromatic ring is 1. The van der Waals surface area contributed by atoms with Crippen LogP contribution in [0.3, 0.4) is 0 Å². The van der Waals surface area contributed by atoms with E-state index in [-0.39, 0.29) is 5.13 Å². The van der Waals surface area contributed by atoms with Crippen LogP contribution in [0.2, 0.25) is 0 Å². The maximum atomic E-state index is 12.0. The molecule has 2 rings (SSSR count). The maximum Gasteiger partial charge on any atom is 0.411 e. The molecule has 1 aromatic carbocycles. The van der Waals surface area contributed by atoms with E-state index in [2.05, 4.69) is 15.0 Å². The van der Waals surface area contributed by atoms with Crippen LogP contribution in [-0.4, -0.2) is 29.8 Å². The molecule has 0 saturated heterocycles. The van der Waals surface area contributed by atoms with Crippen molar-refractivity contribution in [2.75, 3.05) is 17.7 Å². The predicted octanol–water partition coefficient (Wildman–Crippen LogP) is 2.78. The zero-order valence-electron chi connectivity index (χ0n) is 10.9. The van der Waals surface area contributed by atoms with Gasteiger partial charge < -0.3 is 10.5 Å². The number of amides is 1. The van der Waals surface area contributed by atoms with Gasteiger partial charge in [-0.25, -0.2) is 4.98 Å². The number of nitrogens with zero attached hydrogens (tertiary/aromatic N) is 1. The normalized spacial score (nSPS) is 13.3. The lowest BCUT2D eigenvalue weighted by molar-refractivity contribution is -0.184. The Morgan fingerprint density at radius 2 is 2.24 bits per heavy atom. The summed E-state index contributed by atoms with van der Waals surface area (Å²) in [5.74, 6) is -0.689. The number of benzene rings is 1. The van der Waals surface area contributed by atoms with Crippen LogP contribution in [-0.2, 0) is 9.53 Å². The molecule has 21 heavy (non-hydrogen) atoms. The van der Waals surface area contributed by atoms with Gasteiger partial charge in [0.15, 0.2) is 5.13 Å². The molecule has 1 amide bonds. The van der Waals surface area contributed by atoms with Gasteiger partial charge >= 0.3 is 6.18 Å². The highest BCUT2D eigenvalue weighted by Gasteiger charge is 2.30. The summed E-state index contributed by atoms with van der Waals surface area (Å²) in [6, 6.07) is 5.06. The third-order valence-corrected chi connectivity index (χ3v) is 3.44. The number of thiazole rings is 1. The molecule has 1 aromatic heterocycles. The molecule has 0 fully saturated rings. The number of nitrogens with one attached hydrogen (secondary N) is 1. The van der Waals surface area contributed by atoms with Crippen molar-refractivity contribution in [2.45, 2.75) is 19.2 Å². The van der Waals surface area contributed by atoms with E-state index in [1.165, 1.54) is 18.3 Å². The second-order valence-electron chi connectivity index (χ2n) is 4.30. The fourth-order valence-corrected chi connectivity index (χ4v) is 2.41. The van der Waals surface area contributed by atoms with Gasteiger partial charge in [-0.3, -0.25) is 10.1 Å². The molecule has 0 aliphatic rings. The maximum absolute atomic E-state index is 12.0. The molecule has 0 aliphatic heterocycles. The molecule has 0 aliphatic carbocycles. The molecule has 0 spiro atoms. The van der Waals surface area contributed by atoms with Gasteiger partial charge in [0.25, 0.3) is 5.91 Å². The van der Waals surface area contributed by atoms with Crippen molar-refractivity contribution in [3.63, 3.8) is 0 Å². The van der Waals surface area contributed by atoms with E-state index >= 15 is 0 Å². The molecule has 114 valence electrons. The van der Waals surface area contributed by atoms with E-state index < -0.39 is 24.8 Å². The van der Waals surface area contributed by atoms with E-state index in [1.54, 1.807) is 18.2 Å². The number of aromatic nitrogens is 1. The number of rotatable bonds is 4. The van der Waals surface area contributed by atoms with Crippen molar-refractivity contribution in [1.29, 1.82) is 0 Å². The largest absolute Gasteiger partial charge is 0.411 e. The number of hydrogen-bond donors (Lipinski definition) is 2. The third kappa shape index (κ3) is 4.30. The van der Waals surface area contributed by atoms with Gasteiger partial charge in [-0.1, -0.05) is 11.3 Å². The summed E-state index contributed by atoms with van der Waals surface area (Å²) in [7, 11) is 0. The molecule has 0 saturated carbocycles. The van der Waals surface area contributed by atoms with Crippen LogP contribution in [0.25, 0.3) is 10.2 Å².